The molecule has 0 radical (unpaired) electrons. The zero-order chi connectivity index (χ0) is 19.1. The molecule has 0 saturated heterocycles. The van der Waals surface area contributed by atoms with Crippen molar-refractivity contribution in [2.24, 2.45) is 0 Å². The van der Waals surface area contributed by atoms with Crippen molar-refractivity contribution in [1.82, 2.24) is 15.8 Å². The highest BCUT2D eigenvalue weighted by molar-refractivity contribution is 7.80. The molecule has 0 amide bonds. The van der Waals surface area contributed by atoms with Crippen molar-refractivity contribution >= 4 is 57.6 Å². The number of benzene rings is 2. The summed E-state index contributed by atoms with van der Waals surface area (Å²) in [5.74, 6) is 0. The van der Waals surface area contributed by atoms with Crippen molar-refractivity contribution in [3.8, 4) is 0 Å². The molecule has 0 aromatic heterocycles. The van der Waals surface area contributed by atoms with Gasteiger partial charge in [-0.05, 0) is 36.1 Å². The van der Waals surface area contributed by atoms with Gasteiger partial charge in [-0.2, -0.15) is 0 Å². The second-order valence-electron chi connectivity index (χ2n) is 5.19. The van der Waals surface area contributed by atoms with Crippen molar-refractivity contribution in [2.45, 2.75) is 6.54 Å². The van der Waals surface area contributed by atoms with Crippen molar-refractivity contribution in [2.75, 3.05) is 12.4 Å². The average molecular weight is 410 g/mol. The Kier molecular flexibility index (Phi) is 7.07. The van der Waals surface area contributed by atoms with Gasteiger partial charge in [-0.25, -0.2) is 0 Å². The molecule has 0 spiro atoms. The largest absolute Gasteiger partial charge is 0.357 e. The maximum Gasteiger partial charge on any atom is 0.271 e. The lowest BCUT2D eigenvalue weighted by Crippen LogP contribution is -2.49. The van der Waals surface area contributed by atoms with E-state index >= 15 is 0 Å². The summed E-state index contributed by atoms with van der Waals surface area (Å²) < 4.78 is 0. The Bertz CT molecular complexity index is 820. The minimum atomic E-state index is -0.507. The molecular formula is C16H16ClN5O2S2. The van der Waals surface area contributed by atoms with Crippen LogP contribution in [0.25, 0.3) is 0 Å². The number of nitro benzene ring substituents is 1. The molecule has 26 heavy (non-hydrogen) atoms. The second-order valence-corrected chi connectivity index (χ2v) is 6.39. The highest BCUT2D eigenvalue weighted by atomic mass is 35.5. The normalized spacial score (nSPS) is 9.92. The maximum absolute atomic E-state index is 10.9. The number of anilines is 1. The van der Waals surface area contributed by atoms with Gasteiger partial charge in [-0.1, -0.05) is 41.9 Å². The summed E-state index contributed by atoms with van der Waals surface area (Å²) >= 11 is 16.5. The van der Waals surface area contributed by atoms with Crippen LogP contribution >= 0.6 is 36.0 Å². The Morgan fingerprint density at radius 2 is 1.92 bits per heavy atom. The van der Waals surface area contributed by atoms with Crippen molar-refractivity contribution in [1.29, 1.82) is 0 Å². The van der Waals surface area contributed by atoms with Gasteiger partial charge in [0.15, 0.2) is 10.2 Å². The summed E-state index contributed by atoms with van der Waals surface area (Å²) in [6.45, 7) is 0.572. The smallest absolute Gasteiger partial charge is 0.271 e. The summed E-state index contributed by atoms with van der Waals surface area (Å²) in [4.78, 5) is 10.4. The van der Waals surface area contributed by atoms with Gasteiger partial charge in [0.1, 0.15) is 0 Å². The molecule has 0 aliphatic rings. The number of nitrogens with one attached hydrogen (secondary N) is 3. The van der Waals surface area contributed by atoms with E-state index in [9.17, 15) is 10.1 Å². The Hall–Kier alpha value is -2.49. The number of rotatable bonds is 4. The molecule has 136 valence electrons. The molecule has 0 aliphatic carbocycles. The number of hydrogen-bond donors (Lipinski definition) is 3. The van der Waals surface area contributed by atoms with Gasteiger partial charge in [0, 0.05) is 25.7 Å². The molecule has 0 unspecified atom stereocenters. The fraction of sp³-hybridized carbons (Fsp3) is 0.125. The topological polar surface area (TPSA) is 82.5 Å². The van der Waals surface area contributed by atoms with E-state index < -0.39 is 4.92 Å². The molecule has 0 bridgehead atoms. The molecule has 0 fully saturated rings. The van der Waals surface area contributed by atoms with E-state index in [0.717, 1.165) is 5.56 Å². The first-order valence-electron chi connectivity index (χ1n) is 7.44. The number of non-ortho nitro benzene ring substituents is 1. The first-order chi connectivity index (χ1) is 12.4. The summed E-state index contributed by atoms with van der Waals surface area (Å²) in [6.07, 6.45) is 0. The number of hydrogen-bond acceptors (Lipinski definition) is 4. The number of hydrazine groups is 1. The van der Waals surface area contributed by atoms with Crippen LogP contribution < -0.4 is 16.1 Å². The van der Waals surface area contributed by atoms with Crippen LogP contribution in [0.2, 0.25) is 5.02 Å². The molecule has 7 nitrogen and oxygen atoms in total. The van der Waals surface area contributed by atoms with Crippen molar-refractivity contribution in [3.63, 3.8) is 0 Å². The average Bonchev–Trinajstić information content (AvgIpc) is 2.62. The Morgan fingerprint density at radius 3 is 2.58 bits per heavy atom. The standard InChI is InChI=1S/C16H16ClN5O2S2/c1-21(16(26)18-10-11-5-3-2-4-6-11)20-15(25)19-14-9-12(22(23)24)7-8-13(14)17/h2-9H,10H2,1H3,(H,18,26)(H2,19,20,25). The van der Waals surface area contributed by atoms with E-state index in [-0.39, 0.29) is 10.8 Å². The van der Waals surface area contributed by atoms with Gasteiger partial charge >= 0.3 is 0 Å². The third-order valence-electron chi connectivity index (χ3n) is 3.27. The molecule has 2 rings (SSSR count). The van der Waals surface area contributed by atoms with Crippen LogP contribution in [0.1, 0.15) is 5.56 Å². The third-order valence-corrected chi connectivity index (χ3v) is 4.21. The Balaban J connectivity index is 1.89. The van der Waals surface area contributed by atoms with Gasteiger partial charge in [0.05, 0.1) is 15.6 Å². The molecule has 3 N–H and O–H groups in total. The van der Waals surface area contributed by atoms with Crippen LogP contribution in [-0.4, -0.2) is 27.2 Å². The quantitative estimate of drug-likeness (QED) is 0.402. The number of thiocarbonyl (C=S) groups is 2. The minimum absolute atomic E-state index is 0.0897. The summed E-state index contributed by atoms with van der Waals surface area (Å²) in [7, 11) is 1.70. The van der Waals surface area contributed by atoms with Gasteiger partial charge in [-0.3, -0.25) is 20.5 Å². The predicted octanol–water partition coefficient (Wildman–Crippen LogP) is 3.46. The number of nitro groups is 1. The molecule has 2 aromatic carbocycles. The lowest BCUT2D eigenvalue weighted by atomic mass is 10.2. The number of nitrogens with zero attached hydrogens (tertiary/aromatic N) is 2. The van der Waals surface area contributed by atoms with Crippen LogP contribution in [0.3, 0.4) is 0 Å². The highest BCUT2D eigenvalue weighted by Crippen LogP contribution is 2.26. The maximum atomic E-state index is 10.9. The molecule has 10 heteroatoms. The SMILES string of the molecule is CN(NC(=S)Nc1cc([N+](=O)[O-])ccc1Cl)C(=S)NCc1ccccc1. The molecule has 0 atom stereocenters. The van der Waals surface area contributed by atoms with E-state index in [1.54, 1.807) is 7.05 Å². The van der Waals surface area contributed by atoms with E-state index in [1.807, 2.05) is 30.3 Å². The number of halogens is 1. The molecule has 0 saturated carbocycles. The van der Waals surface area contributed by atoms with Crippen LogP contribution in [0.5, 0.6) is 0 Å². The van der Waals surface area contributed by atoms with Gasteiger partial charge in [0.25, 0.3) is 5.69 Å². The summed E-state index contributed by atoms with van der Waals surface area (Å²) in [5.41, 5.74) is 4.19. The zero-order valence-corrected chi connectivity index (χ0v) is 16.1. The Morgan fingerprint density at radius 1 is 1.23 bits per heavy atom. The van der Waals surface area contributed by atoms with Crippen LogP contribution in [0.15, 0.2) is 48.5 Å². The molecular weight excluding hydrogens is 394 g/mol. The van der Waals surface area contributed by atoms with Crippen LogP contribution in [-0.2, 0) is 6.54 Å². The first-order valence-corrected chi connectivity index (χ1v) is 8.63. The minimum Gasteiger partial charge on any atom is -0.357 e. The van der Waals surface area contributed by atoms with E-state index in [0.29, 0.717) is 22.4 Å². The van der Waals surface area contributed by atoms with Crippen molar-refractivity contribution in [3.05, 3.63) is 69.2 Å². The summed E-state index contributed by atoms with van der Waals surface area (Å²) in [5, 5.41) is 19.2. The van der Waals surface area contributed by atoms with Crippen molar-refractivity contribution < 1.29 is 4.92 Å². The van der Waals surface area contributed by atoms with Crippen LogP contribution in [0.4, 0.5) is 11.4 Å². The summed E-state index contributed by atoms with van der Waals surface area (Å²) in [6, 6.07) is 13.9. The molecule has 0 heterocycles. The van der Waals surface area contributed by atoms with Gasteiger partial charge in [0.2, 0.25) is 0 Å². The predicted molar refractivity (Wildman–Crippen MR) is 111 cm³/mol. The molecule has 2 aromatic rings. The lowest BCUT2D eigenvalue weighted by molar-refractivity contribution is -0.384. The van der Waals surface area contributed by atoms with E-state index in [1.165, 1.54) is 23.2 Å². The van der Waals surface area contributed by atoms with E-state index in [2.05, 4.69) is 16.1 Å². The Labute approximate surface area is 166 Å². The fourth-order valence-electron chi connectivity index (χ4n) is 1.97. The van der Waals surface area contributed by atoms with Crippen LogP contribution in [0, 0.1) is 10.1 Å². The second kappa shape index (κ2) is 9.27. The van der Waals surface area contributed by atoms with Gasteiger partial charge < -0.3 is 10.6 Å². The monoisotopic (exact) mass is 409 g/mol. The highest BCUT2D eigenvalue weighted by Gasteiger charge is 2.12. The third kappa shape index (κ3) is 5.80. The molecule has 0 aliphatic heterocycles. The zero-order valence-electron chi connectivity index (χ0n) is 13.7. The fourth-order valence-corrected chi connectivity index (χ4v) is 2.50. The van der Waals surface area contributed by atoms with E-state index in [4.69, 9.17) is 36.0 Å². The lowest BCUT2D eigenvalue weighted by Gasteiger charge is -2.23. The first kappa shape index (κ1) is 19.8. The van der Waals surface area contributed by atoms with Gasteiger partial charge in [-0.15, -0.1) is 0 Å².